The highest BCUT2D eigenvalue weighted by molar-refractivity contribution is 14.1. The second kappa shape index (κ2) is 5.36. The Morgan fingerprint density at radius 2 is 2.12 bits per heavy atom. The molecule has 1 fully saturated rings. The fourth-order valence-electron chi connectivity index (χ4n) is 1.91. The molecule has 1 unspecified atom stereocenters. The van der Waals surface area contributed by atoms with E-state index in [1.807, 2.05) is 6.07 Å². The van der Waals surface area contributed by atoms with E-state index in [9.17, 15) is 0 Å². The second-order valence-electron chi connectivity index (χ2n) is 4.52. The van der Waals surface area contributed by atoms with Gasteiger partial charge in [0.05, 0.1) is 6.10 Å². The zero-order valence-electron chi connectivity index (χ0n) is 9.38. The lowest BCUT2D eigenvalue weighted by Gasteiger charge is -2.37. The van der Waals surface area contributed by atoms with Gasteiger partial charge in [0.2, 0.25) is 0 Å². The average Bonchev–Trinajstić information content (AvgIpc) is 2.24. The van der Waals surface area contributed by atoms with Crippen molar-refractivity contribution < 1.29 is 4.74 Å². The molecule has 0 N–H and O–H groups in total. The summed E-state index contributed by atoms with van der Waals surface area (Å²) in [6.45, 7) is 2.19. The largest absolute Gasteiger partial charge is 0.367 e. The van der Waals surface area contributed by atoms with Crippen molar-refractivity contribution in [2.75, 3.05) is 4.43 Å². The van der Waals surface area contributed by atoms with Crippen molar-refractivity contribution in [1.82, 2.24) is 0 Å². The van der Waals surface area contributed by atoms with E-state index in [1.54, 1.807) is 0 Å². The van der Waals surface area contributed by atoms with E-state index < -0.39 is 0 Å². The molecular weight excluding hydrogens is 379 g/mol. The van der Waals surface area contributed by atoms with Crippen LogP contribution in [0.2, 0.25) is 0 Å². The number of hydrogen-bond acceptors (Lipinski definition) is 1. The van der Waals surface area contributed by atoms with Crippen molar-refractivity contribution in [3.63, 3.8) is 0 Å². The summed E-state index contributed by atoms with van der Waals surface area (Å²) in [6, 6.07) is 8.37. The average molecular weight is 395 g/mol. The molecule has 0 spiro atoms. The number of halogens is 2. The Kier molecular flexibility index (Phi) is 4.30. The standard InChI is InChI=1S/C13H16BrIO/c1-13(9-15,16-10-5-4-6-10)11-7-2-3-8-12(11)14/h2-3,7-8,10H,4-6,9H2,1H3. The minimum Gasteiger partial charge on any atom is -0.367 e. The molecule has 16 heavy (non-hydrogen) atoms. The van der Waals surface area contributed by atoms with E-state index in [1.165, 1.54) is 24.8 Å². The van der Waals surface area contributed by atoms with Crippen LogP contribution in [0.3, 0.4) is 0 Å². The van der Waals surface area contributed by atoms with Crippen LogP contribution in [0.5, 0.6) is 0 Å². The van der Waals surface area contributed by atoms with Crippen LogP contribution in [-0.4, -0.2) is 10.5 Å². The maximum Gasteiger partial charge on any atom is 0.101 e. The zero-order valence-corrected chi connectivity index (χ0v) is 13.1. The van der Waals surface area contributed by atoms with Gasteiger partial charge in [0, 0.05) is 8.90 Å². The maximum absolute atomic E-state index is 6.25. The Balaban J connectivity index is 2.22. The summed E-state index contributed by atoms with van der Waals surface area (Å²) in [4.78, 5) is 0. The number of benzene rings is 1. The number of ether oxygens (including phenoxy) is 1. The molecule has 88 valence electrons. The van der Waals surface area contributed by atoms with Gasteiger partial charge in [-0.15, -0.1) is 0 Å². The summed E-state index contributed by atoms with van der Waals surface area (Å²) in [6.07, 6.45) is 4.22. The second-order valence-corrected chi connectivity index (χ2v) is 6.13. The Labute approximate surface area is 119 Å². The van der Waals surface area contributed by atoms with Crippen LogP contribution in [0.1, 0.15) is 31.7 Å². The first-order valence-corrected chi connectivity index (χ1v) is 7.96. The van der Waals surface area contributed by atoms with E-state index in [2.05, 4.69) is 63.6 Å². The molecule has 0 heterocycles. The van der Waals surface area contributed by atoms with E-state index in [0.29, 0.717) is 6.10 Å². The van der Waals surface area contributed by atoms with Gasteiger partial charge < -0.3 is 4.74 Å². The third-order valence-electron chi connectivity index (χ3n) is 3.18. The van der Waals surface area contributed by atoms with Gasteiger partial charge in [-0.2, -0.15) is 0 Å². The molecule has 0 amide bonds. The van der Waals surface area contributed by atoms with Crippen LogP contribution < -0.4 is 0 Å². The number of rotatable bonds is 4. The summed E-state index contributed by atoms with van der Waals surface area (Å²) in [5.74, 6) is 0. The SMILES string of the molecule is CC(CI)(OC1CCC1)c1ccccc1Br. The molecule has 1 aliphatic carbocycles. The van der Waals surface area contributed by atoms with Gasteiger partial charge in [-0.3, -0.25) is 0 Å². The topological polar surface area (TPSA) is 9.23 Å². The van der Waals surface area contributed by atoms with Crippen molar-refractivity contribution in [2.45, 2.75) is 37.9 Å². The summed E-state index contributed by atoms with van der Waals surface area (Å²) < 4.78 is 8.38. The lowest BCUT2D eigenvalue weighted by molar-refractivity contribution is -0.102. The number of alkyl halides is 1. The lowest BCUT2D eigenvalue weighted by atomic mass is 9.92. The third-order valence-corrected chi connectivity index (χ3v) is 5.32. The van der Waals surface area contributed by atoms with Crippen LogP contribution in [0.25, 0.3) is 0 Å². The highest BCUT2D eigenvalue weighted by atomic mass is 127. The molecule has 1 aromatic carbocycles. The van der Waals surface area contributed by atoms with Gasteiger partial charge in [0.15, 0.2) is 0 Å². The van der Waals surface area contributed by atoms with E-state index in [4.69, 9.17) is 4.74 Å². The van der Waals surface area contributed by atoms with Crippen molar-refractivity contribution >= 4 is 38.5 Å². The van der Waals surface area contributed by atoms with Crippen molar-refractivity contribution in [1.29, 1.82) is 0 Å². The predicted octanol–water partition coefficient (Wildman–Crippen LogP) is 4.67. The third kappa shape index (κ3) is 2.62. The Bertz CT molecular complexity index is 365. The smallest absolute Gasteiger partial charge is 0.101 e. The van der Waals surface area contributed by atoms with E-state index in [0.717, 1.165) is 8.90 Å². The Morgan fingerprint density at radius 1 is 1.44 bits per heavy atom. The van der Waals surface area contributed by atoms with Gasteiger partial charge in [-0.1, -0.05) is 56.7 Å². The normalized spacial score (nSPS) is 20.2. The van der Waals surface area contributed by atoms with Crippen molar-refractivity contribution in [3.05, 3.63) is 34.3 Å². The summed E-state index contributed by atoms with van der Waals surface area (Å²) in [5, 5.41) is 0. The van der Waals surface area contributed by atoms with Gasteiger partial charge in [0.1, 0.15) is 5.60 Å². The highest BCUT2D eigenvalue weighted by Gasteiger charge is 2.33. The van der Waals surface area contributed by atoms with Gasteiger partial charge >= 0.3 is 0 Å². The lowest BCUT2D eigenvalue weighted by Crippen LogP contribution is -2.36. The quantitative estimate of drug-likeness (QED) is 0.532. The van der Waals surface area contributed by atoms with Crippen molar-refractivity contribution in [3.8, 4) is 0 Å². The first-order chi connectivity index (χ1) is 7.65. The molecule has 3 heteroatoms. The fourth-order valence-corrected chi connectivity index (χ4v) is 3.21. The predicted molar refractivity (Wildman–Crippen MR) is 79.1 cm³/mol. The molecule has 1 nitrogen and oxygen atoms in total. The molecule has 1 saturated carbocycles. The minimum atomic E-state index is -0.161. The molecular formula is C13H16BrIO. The molecule has 0 saturated heterocycles. The molecule has 2 rings (SSSR count). The van der Waals surface area contributed by atoms with Crippen LogP contribution in [-0.2, 0) is 10.3 Å². The summed E-state index contributed by atoms with van der Waals surface area (Å²) in [7, 11) is 0. The van der Waals surface area contributed by atoms with Crippen molar-refractivity contribution in [2.24, 2.45) is 0 Å². The fraction of sp³-hybridized carbons (Fsp3) is 0.538. The minimum absolute atomic E-state index is 0.161. The molecule has 0 aliphatic heterocycles. The van der Waals surface area contributed by atoms with Gasteiger partial charge in [-0.25, -0.2) is 0 Å². The molecule has 1 atom stereocenters. The summed E-state index contributed by atoms with van der Waals surface area (Å²) >= 11 is 6.03. The zero-order chi connectivity index (χ0) is 11.6. The first kappa shape index (κ1) is 12.8. The Morgan fingerprint density at radius 3 is 2.62 bits per heavy atom. The highest BCUT2D eigenvalue weighted by Crippen LogP contribution is 2.37. The van der Waals surface area contributed by atoms with Gasteiger partial charge in [0.25, 0.3) is 0 Å². The number of hydrogen-bond donors (Lipinski definition) is 0. The first-order valence-electron chi connectivity index (χ1n) is 5.64. The maximum atomic E-state index is 6.25. The monoisotopic (exact) mass is 394 g/mol. The molecule has 1 aromatic rings. The molecule has 0 radical (unpaired) electrons. The van der Waals surface area contributed by atoms with E-state index >= 15 is 0 Å². The van der Waals surface area contributed by atoms with Crippen LogP contribution in [0.15, 0.2) is 28.7 Å². The van der Waals surface area contributed by atoms with Crippen LogP contribution >= 0.6 is 38.5 Å². The van der Waals surface area contributed by atoms with Crippen LogP contribution in [0.4, 0.5) is 0 Å². The molecule has 0 bridgehead atoms. The molecule has 0 aromatic heterocycles. The molecule has 1 aliphatic rings. The van der Waals surface area contributed by atoms with E-state index in [-0.39, 0.29) is 5.60 Å². The van der Waals surface area contributed by atoms with Gasteiger partial charge in [-0.05, 0) is 37.8 Å². The Hall–Kier alpha value is 0.390. The van der Waals surface area contributed by atoms with Crippen LogP contribution in [0, 0.1) is 0 Å². The summed E-state index contributed by atoms with van der Waals surface area (Å²) in [5.41, 5.74) is 1.10.